The van der Waals surface area contributed by atoms with Crippen LogP contribution in [0.1, 0.15) is 42.0 Å². The fourth-order valence-electron chi connectivity index (χ4n) is 3.87. The van der Waals surface area contributed by atoms with E-state index in [2.05, 4.69) is 4.72 Å². The van der Waals surface area contributed by atoms with E-state index in [0.717, 1.165) is 44.9 Å². The Labute approximate surface area is 188 Å². The summed E-state index contributed by atoms with van der Waals surface area (Å²) >= 11 is 1.46. The van der Waals surface area contributed by atoms with Crippen LogP contribution in [0.4, 0.5) is 4.39 Å². The summed E-state index contributed by atoms with van der Waals surface area (Å²) < 4.78 is 43.1. The lowest BCUT2D eigenvalue weighted by Gasteiger charge is -2.18. The molecule has 31 heavy (non-hydrogen) atoms. The van der Waals surface area contributed by atoms with Gasteiger partial charge >= 0.3 is 0 Å². The van der Waals surface area contributed by atoms with Gasteiger partial charge in [-0.3, -0.25) is 0 Å². The standard InChI is InChI=1S/C25H26FNO2S2/c1-17(2)22-14-20-9-8-19-10-11-21(26)15-23(19)30-24(20)16-25(22)31(28,29)27-13-12-18-6-4-3-5-7-18/h3-7,10-11,14-17,27H,8-9,12-13H2,1-2H3. The Morgan fingerprint density at radius 2 is 1.68 bits per heavy atom. The molecule has 1 aliphatic heterocycles. The van der Waals surface area contributed by atoms with E-state index in [1.807, 2.05) is 56.3 Å². The van der Waals surface area contributed by atoms with Crippen LogP contribution in [0, 0.1) is 5.82 Å². The van der Waals surface area contributed by atoms with E-state index < -0.39 is 10.0 Å². The van der Waals surface area contributed by atoms with Gasteiger partial charge in [-0.25, -0.2) is 17.5 Å². The van der Waals surface area contributed by atoms with Crippen LogP contribution < -0.4 is 4.72 Å². The fourth-order valence-corrected chi connectivity index (χ4v) is 6.53. The number of nitrogens with one attached hydrogen (secondary N) is 1. The van der Waals surface area contributed by atoms with Crippen LogP contribution in [-0.2, 0) is 29.3 Å². The van der Waals surface area contributed by atoms with Gasteiger partial charge in [0.1, 0.15) is 5.82 Å². The average molecular weight is 456 g/mol. The molecular formula is C25H26FNO2S2. The van der Waals surface area contributed by atoms with Crippen LogP contribution in [0.25, 0.3) is 0 Å². The van der Waals surface area contributed by atoms with Crippen molar-refractivity contribution in [2.75, 3.05) is 6.54 Å². The number of rotatable bonds is 6. The first-order valence-electron chi connectivity index (χ1n) is 10.5. The van der Waals surface area contributed by atoms with Gasteiger partial charge in [-0.1, -0.05) is 68.1 Å². The molecule has 4 rings (SSSR count). The molecule has 162 valence electrons. The van der Waals surface area contributed by atoms with Crippen LogP contribution in [0.5, 0.6) is 0 Å². The molecule has 0 aromatic heterocycles. The van der Waals surface area contributed by atoms with Crippen molar-refractivity contribution in [3.63, 3.8) is 0 Å². The summed E-state index contributed by atoms with van der Waals surface area (Å²) in [4.78, 5) is 2.07. The fraction of sp³-hybridized carbons (Fsp3) is 0.280. The van der Waals surface area contributed by atoms with E-state index >= 15 is 0 Å². The summed E-state index contributed by atoms with van der Waals surface area (Å²) in [6.07, 6.45) is 2.25. The molecule has 3 aromatic carbocycles. The molecule has 1 heterocycles. The number of aryl methyl sites for hydroxylation is 2. The number of benzene rings is 3. The smallest absolute Gasteiger partial charge is 0.211 e. The highest BCUT2D eigenvalue weighted by Gasteiger charge is 2.24. The van der Waals surface area contributed by atoms with E-state index in [0.29, 0.717) is 17.9 Å². The number of halogens is 1. The molecule has 3 aromatic rings. The van der Waals surface area contributed by atoms with Crippen molar-refractivity contribution in [1.82, 2.24) is 4.72 Å². The molecule has 0 bridgehead atoms. The highest BCUT2D eigenvalue weighted by atomic mass is 32.2. The maximum atomic E-state index is 13.8. The third-order valence-electron chi connectivity index (χ3n) is 5.57. The third kappa shape index (κ3) is 5.03. The molecule has 6 heteroatoms. The molecule has 0 saturated carbocycles. The normalized spacial score (nSPS) is 13.5. The molecular weight excluding hydrogens is 429 g/mol. The molecule has 0 spiro atoms. The van der Waals surface area contributed by atoms with Gasteiger partial charge in [0, 0.05) is 16.3 Å². The monoisotopic (exact) mass is 455 g/mol. The van der Waals surface area contributed by atoms with Gasteiger partial charge in [-0.2, -0.15) is 0 Å². The molecule has 0 amide bonds. The Morgan fingerprint density at radius 3 is 2.42 bits per heavy atom. The predicted molar refractivity (Wildman–Crippen MR) is 124 cm³/mol. The molecule has 3 nitrogen and oxygen atoms in total. The topological polar surface area (TPSA) is 46.2 Å². The van der Waals surface area contributed by atoms with Gasteiger partial charge in [-0.15, -0.1) is 0 Å². The van der Waals surface area contributed by atoms with E-state index in [9.17, 15) is 12.8 Å². The third-order valence-corrected chi connectivity index (χ3v) is 8.28. The van der Waals surface area contributed by atoms with E-state index in [-0.39, 0.29) is 11.7 Å². The SMILES string of the molecule is CC(C)c1cc2c(cc1S(=O)(=O)NCCc1ccccc1)Sc1cc(F)ccc1CC2. The summed E-state index contributed by atoms with van der Waals surface area (Å²) in [6, 6.07) is 18.5. The van der Waals surface area contributed by atoms with Crippen LogP contribution in [0.2, 0.25) is 0 Å². The second-order valence-electron chi connectivity index (χ2n) is 8.14. The molecule has 0 unspecified atom stereocenters. The summed E-state index contributed by atoms with van der Waals surface area (Å²) in [5.41, 5.74) is 4.13. The van der Waals surface area contributed by atoms with Gasteiger partial charge in [0.2, 0.25) is 10.0 Å². The maximum Gasteiger partial charge on any atom is 0.240 e. The second-order valence-corrected chi connectivity index (χ2v) is 11.0. The Morgan fingerprint density at radius 1 is 0.968 bits per heavy atom. The van der Waals surface area contributed by atoms with Crippen molar-refractivity contribution in [3.8, 4) is 0 Å². The second kappa shape index (κ2) is 9.15. The lowest BCUT2D eigenvalue weighted by Crippen LogP contribution is -2.27. The maximum absolute atomic E-state index is 13.8. The lowest BCUT2D eigenvalue weighted by atomic mass is 9.97. The van der Waals surface area contributed by atoms with Gasteiger partial charge in [0.15, 0.2) is 0 Å². The number of hydrogen-bond acceptors (Lipinski definition) is 3. The predicted octanol–water partition coefficient (Wildman–Crippen LogP) is 5.72. The first kappa shape index (κ1) is 22.1. The molecule has 0 radical (unpaired) electrons. The quantitative estimate of drug-likeness (QED) is 0.517. The minimum Gasteiger partial charge on any atom is -0.211 e. The zero-order chi connectivity index (χ0) is 22.0. The highest BCUT2D eigenvalue weighted by molar-refractivity contribution is 7.99. The summed E-state index contributed by atoms with van der Waals surface area (Å²) in [7, 11) is -3.67. The Hall–Kier alpha value is -2.15. The zero-order valence-electron chi connectivity index (χ0n) is 17.7. The van der Waals surface area contributed by atoms with Crippen LogP contribution in [-0.4, -0.2) is 15.0 Å². The summed E-state index contributed by atoms with van der Waals surface area (Å²) in [5, 5.41) is 0. The first-order valence-corrected chi connectivity index (χ1v) is 12.8. The summed E-state index contributed by atoms with van der Waals surface area (Å²) in [5.74, 6) is -0.206. The Bertz CT molecular complexity index is 1190. The summed E-state index contributed by atoms with van der Waals surface area (Å²) in [6.45, 7) is 4.36. The largest absolute Gasteiger partial charge is 0.240 e. The molecule has 0 aliphatic carbocycles. The van der Waals surface area contributed by atoms with Crippen LogP contribution >= 0.6 is 11.8 Å². The Kier molecular flexibility index (Phi) is 6.51. The van der Waals surface area contributed by atoms with Crippen molar-refractivity contribution < 1.29 is 12.8 Å². The van der Waals surface area contributed by atoms with Gasteiger partial charge in [0.25, 0.3) is 0 Å². The van der Waals surface area contributed by atoms with Crippen molar-refractivity contribution in [3.05, 3.63) is 88.7 Å². The zero-order valence-corrected chi connectivity index (χ0v) is 19.3. The van der Waals surface area contributed by atoms with E-state index in [4.69, 9.17) is 0 Å². The van der Waals surface area contributed by atoms with E-state index in [1.165, 1.54) is 23.9 Å². The number of hydrogen-bond donors (Lipinski definition) is 1. The molecule has 0 atom stereocenters. The molecule has 0 fully saturated rings. The molecule has 1 N–H and O–H groups in total. The minimum absolute atomic E-state index is 0.0686. The number of fused-ring (bicyclic) bond motifs is 2. The first-order chi connectivity index (χ1) is 14.8. The average Bonchev–Trinajstić information content (AvgIpc) is 2.91. The number of sulfonamides is 1. The highest BCUT2D eigenvalue weighted by Crippen LogP contribution is 2.40. The van der Waals surface area contributed by atoms with Gasteiger partial charge in [-0.05, 0) is 65.6 Å². The van der Waals surface area contributed by atoms with Crippen molar-refractivity contribution >= 4 is 21.8 Å². The van der Waals surface area contributed by atoms with Crippen molar-refractivity contribution in [2.45, 2.75) is 53.7 Å². The van der Waals surface area contributed by atoms with Crippen molar-refractivity contribution in [1.29, 1.82) is 0 Å². The van der Waals surface area contributed by atoms with E-state index in [1.54, 1.807) is 6.07 Å². The lowest BCUT2D eigenvalue weighted by molar-refractivity contribution is 0.579. The van der Waals surface area contributed by atoms with Gasteiger partial charge in [0.05, 0.1) is 4.90 Å². The van der Waals surface area contributed by atoms with Crippen molar-refractivity contribution in [2.24, 2.45) is 0 Å². The molecule has 0 saturated heterocycles. The molecule has 1 aliphatic rings. The Balaban J connectivity index is 1.65. The van der Waals surface area contributed by atoms with Crippen LogP contribution in [0.15, 0.2) is 75.4 Å². The van der Waals surface area contributed by atoms with Crippen LogP contribution in [0.3, 0.4) is 0 Å². The van der Waals surface area contributed by atoms with Gasteiger partial charge < -0.3 is 0 Å². The minimum atomic E-state index is -3.67.